The predicted octanol–water partition coefficient (Wildman–Crippen LogP) is 0.636. The summed E-state index contributed by atoms with van der Waals surface area (Å²) in [6, 6.07) is 3.92. The van der Waals surface area contributed by atoms with E-state index < -0.39 is 16.0 Å². The molecule has 0 bridgehead atoms. The molecule has 1 saturated heterocycles. The van der Waals surface area contributed by atoms with Crippen molar-refractivity contribution in [3.8, 4) is 0 Å². The Kier molecular flexibility index (Phi) is 6.55. The number of hydrogen-bond donors (Lipinski definition) is 4. The first-order valence-electron chi connectivity index (χ1n) is 7.77. The van der Waals surface area contributed by atoms with Crippen molar-refractivity contribution in [1.82, 2.24) is 4.72 Å². The van der Waals surface area contributed by atoms with Crippen LogP contribution in [-0.2, 0) is 14.8 Å². The number of benzene rings is 1. The molecular formula is C15H22N2O6S. The number of aromatic carboxylic acids is 1. The lowest BCUT2D eigenvalue weighted by Gasteiger charge is -2.16. The monoisotopic (exact) mass is 358 g/mol. The number of carboxylic acids is 1. The molecule has 24 heavy (non-hydrogen) atoms. The van der Waals surface area contributed by atoms with Gasteiger partial charge in [0.2, 0.25) is 10.0 Å². The van der Waals surface area contributed by atoms with Gasteiger partial charge in [-0.1, -0.05) is 0 Å². The van der Waals surface area contributed by atoms with Gasteiger partial charge in [-0.25, -0.2) is 17.9 Å². The van der Waals surface area contributed by atoms with Crippen LogP contribution in [0, 0.1) is 0 Å². The van der Waals surface area contributed by atoms with Gasteiger partial charge in [-0.05, 0) is 37.5 Å². The predicted molar refractivity (Wildman–Crippen MR) is 87.8 cm³/mol. The lowest BCUT2D eigenvalue weighted by Crippen LogP contribution is -2.27. The summed E-state index contributed by atoms with van der Waals surface area (Å²) >= 11 is 0. The Hall–Kier alpha value is -1.68. The largest absolute Gasteiger partial charge is 0.478 e. The van der Waals surface area contributed by atoms with E-state index in [9.17, 15) is 13.2 Å². The number of nitrogens with one attached hydrogen (secondary N) is 2. The normalized spacial score (nSPS) is 17.8. The van der Waals surface area contributed by atoms with Gasteiger partial charge in [0.1, 0.15) is 4.90 Å². The zero-order chi connectivity index (χ0) is 17.6. The van der Waals surface area contributed by atoms with Crippen LogP contribution in [-0.4, -0.2) is 57.0 Å². The third-order valence-corrected chi connectivity index (χ3v) is 5.19. The molecule has 4 N–H and O–H groups in total. The van der Waals surface area contributed by atoms with Gasteiger partial charge in [0.25, 0.3) is 0 Å². The first-order valence-corrected chi connectivity index (χ1v) is 9.25. The fourth-order valence-electron chi connectivity index (χ4n) is 2.42. The smallest absolute Gasteiger partial charge is 0.335 e. The van der Waals surface area contributed by atoms with E-state index in [1.54, 1.807) is 0 Å². The molecule has 0 unspecified atom stereocenters. The maximum atomic E-state index is 12.4. The maximum absolute atomic E-state index is 12.4. The first-order chi connectivity index (χ1) is 11.4. The van der Waals surface area contributed by atoms with Gasteiger partial charge < -0.3 is 20.3 Å². The fourth-order valence-corrected chi connectivity index (χ4v) is 3.70. The van der Waals surface area contributed by atoms with E-state index in [2.05, 4.69) is 10.0 Å². The number of aliphatic hydroxyl groups excluding tert-OH is 1. The van der Waals surface area contributed by atoms with Crippen LogP contribution in [0.1, 0.15) is 29.6 Å². The molecule has 0 saturated carbocycles. The molecule has 9 heteroatoms. The number of carbonyl (C=O) groups is 1. The lowest BCUT2D eigenvalue weighted by molar-refractivity contribution is 0.0696. The second-order valence-corrected chi connectivity index (χ2v) is 7.24. The van der Waals surface area contributed by atoms with E-state index in [0.717, 1.165) is 18.9 Å². The molecular weight excluding hydrogens is 336 g/mol. The van der Waals surface area contributed by atoms with Crippen molar-refractivity contribution in [3.05, 3.63) is 23.8 Å². The second-order valence-electron chi connectivity index (χ2n) is 5.51. The van der Waals surface area contributed by atoms with Gasteiger partial charge in [-0.15, -0.1) is 0 Å². The van der Waals surface area contributed by atoms with E-state index >= 15 is 0 Å². The van der Waals surface area contributed by atoms with Gasteiger partial charge in [0.05, 0.1) is 17.4 Å². The fraction of sp³-hybridized carbons (Fsp3) is 0.533. The standard InChI is InChI=1S/C15H22N2O6S/c18-7-2-6-17-24(21,22)14-9-11(15(19)20)4-5-13(14)16-10-12-3-1-8-23-12/h4-5,9,12,16-18H,1-3,6-8,10H2,(H,19,20)/t12-/m1/s1. The molecule has 134 valence electrons. The van der Waals surface area contributed by atoms with Crippen molar-refractivity contribution >= 4 is 21.7 Å². The summed E-state index contributed by atoms with van der Waals surface area (Å²) in [7, 11) is -3.89. The molecule has 1 heterocycles. The Morgan fingerprint density at radius 3 is 2.79 bits per heavy atom. The van der Waals surface area contributed by atoms with Gasteiger partial charge in [0, 0.05) is 26.3 Å². The highest BCUT2D eigenvalue weighted by Gasteiger charge is 2.22. The van der Waals surface area contributed by atoms with Crippen molar-refractivity contribution in [2.45, 2.75) is 30.3 Å². The van der Waals surface area contributed by atoms with Gasteiger partial charge >= 0.3 is 5.97 Å². The van der Waals surface area contributed by atoms with Crippen LogP contribution >= 0.6 is 0 Å². The van der Waals surface area contributed by atoms with Crippen LogP contribution in [0.5, 0.6) is 0 Å². The van der Waals surface area contributed by atoms with Crippen molar-refractivity contribution in [2.75, 3.05) is 31.6 Å². The molecule has 0 spiro atoms. The molecule has 1 aliphatic rings. The number of sulfonamides is 1. The zero-order valence-electron chi connectivity index (χ0n) is 13.2. The lowest BCUT2D eigenvalue weighted by atomic mass is 10.2. The molecule has 1 atom stereocenters. The number of hydrogen-bond acceptors (Lipinski definition) is 6. The van der Waals surface area contributed by atoms with Gasteiger partial charge in [0.15, 0.2) is 0 Å². The summed E-state index contributed by atoms with van der Waals surface area (Å²) in [5.41, 5.74) is 0.215. The molecule has 0 aliphatic carbocycles. The molecule has 1 aromatic rings. The van der Waals surface area contributed by atoms with E-state index in [1.165, 1.54) is 12.1 Å². The average Bonchev–Trinajstić information content (AvgIpc) is 3.06. The number of ether oxygens (including phenoxy) is 1. The van der Waals surface area contributed by atoms with Crippen LogP contribution in [0.25, 0.3) is 0 Å². The van der Waals surface area contributed by atoms with Gasteiger partial charge in [-0.2, -0.15) is 0 Å². The highest BCUT2D eigenvalue weighted by molar-refractivity contribution is 7.89. The van der Waals surface area contributed by atoms with E-state index in [0.29, 0.717) is 18.8 Å². The third-order valence-electron chi connectivity index (χ3n) is 3.69. The van der Waals surface area contributed by atoms with E-state index in [1.807, 2.05) is 0 Å². The topological polar surface area (TPSA) is 125 Å². The maximum Gasteiger partial charge on any atom is 0.335 e. The van der Waals surface area contributed by atoms with Crippen molar-refractivity contribution in [2.24, 2.45) is 0 Å². The number of aliphatic hydroxyl groups is 1. The van der Waals surface area contributed by atoms with Crippen molar-refractivity contribution < 1.29 is 28.2 Å². The van der Waals surface area contributed by atoms with Crippen LogP contribution < -0.4 is 10.0 Å². The SMILES string of the molecule is O=C(O)c1ccc(NC[C@H]2CCCO2)c(S(=O)(=O)NCCCO)c1. The second kappa shape index (κ2) is 8.43. The van der Waals surface area contributed by atoms with Crippen LogP contribution in [0.15, 0.2) is 23.1 Å². The molecule has 1 aromatic carbocycles. The quantitative estimate of drug-likeness (QED) is 0.477. The van der Waals surface area contributed by atoms with E-state index in [4.69, 9.17) is 14.9 Å². The first kappa shape index (κ1) is 18.7. The van der Waals surface area contributed by atoms with Crippen LogP contribution in [0.3, 0.4) is 0 Å². The van der Waals surface area contributed by atoms with Gasteiger partial charge in [-0.3, -0.25) is 0 Å². The minimum absolute atomic E-state index is 0.0158. The summed E-state index contributed by atoms with van der Waals surface area (Å²) in [5.74, 6) is -1.20. The number of anilines is 1. The summed E-state index contributed by atoms with van der Waals surface area (Å²) in [4.78, 5) is 11.0. The highest BCUT2D eigenvalue weighted by Crippen LogP contribution is 2.24. The molecule has 2 rings (SSSR count). The minimum atomic E-state index is -3.89. The van der Waals surface area contributed by atoms with Crippen molar-refractivity contribution in [1.29, 1.82) is 0 Å². The molecule has 0 aromatic heterocycles. The summed E-state index contributed by atoms with van der Waals surface area (Å²) in [6.07, 6.45) is 2.16. The molecule has 0 radical (unpaired) electrons. The van der Waals surface area contributed by atoms with E-state index in [-0.39, 0.29) is 36.1 Å². The molecule has 0 amide bonds. The Morgan fingerprint density at radius 2 is 2.17 bits per heavy atom. The molecule has 1 aliphatic heterocycles. The Bertz CT molecular complexity index is 671. The van der Waals surface area contributed by atoms with Crippen LogP contribution in [0.2, 0.25) is 0 Å². The summed E-state index contributed by atoms with van der Waals surface area (Å²) < 4.78 is 32.7. The number of carboxylic acid groups (broad SMARTS) is 1. The summed E-state index contributed by atoms with van der Waals surface area (Å²) in [6.45, 7) is 1.08. The molecule has 8 nitrogen and oxygen atoms in total. The summed E-state index contributed by atoms with van der Waals surface area (Å²) in [5, 5.41) is 20.9. The average molecular weight is 358 g/mol. The van der Waals surface area contributed by atoms with Crippen molar-refractivity contribution in [3.63, 3.8) is 0 Å². The zero-order valence-corrected chi connectivity index (χ0v) is 14.0. The Balaban J connectivity index is 2.22. The Morgan fingerprint density at radius 1 is 1.38 bits per heavy atom. The Labute approximate surface area is 140 Å². The minimum Gasteiger partial charge on any atom is -0.478 e. The highest BCUT2D eigenvalue weighted by atomic mass is 32.2. The third kappa shape index (κ3) is 4.91. The van der Waals surface area contributed by atoms with Crippen LogP contribution in [0.4, 0.5) is 5.69 Å². The molecule has 1 fully saturated rings. The number of rotatable bonds is 9.